The van der Waals surface area contributed by atoms with Crippen LogP contribution in [0.1, 0.15) is 64.8 Å². The molecule has 0 aliphatic heterocycles. The summed E-state index contributed by atoms with van der Waals surface area (Å²) >= 11 is 3.76. The summed E-state index contributed by atoms with van der Waals surface area (Å²) in [5.74, 6) is 0. The van der Waals surface area contributed by atoms with Gasteiger partial charge in [-0.3, -0.25) is 4.68 Å². The summed E-state index contributed by atoms with van der Waals surface area (Å²) in [6, 6.07) is 2.31. The molecule has 0 aliphatic rings. The molecule has 0 amide bonds. The molecule has 0 spiro atoms. The number of unbranched alkanes of at least 4 members (excludes halogenated alkanes) is 1. The van der Waals surface area contributed by atoms with Gasteiger partial charge in [0.1, 0.15) is 0 Å². The third-order valence-electron chi connectivity index (χ3n) is 4.23. The second kappa shape index (κ2) is 8.08. The van der Waals surface area contributed by atoms with E-state index in [4.69, 9.17) is 0 Å². The van der Waals surface area contributed by atoms with Crippen LogP contribution in [0.4, 0.5) is 0 Å². The summed E-state index contributed by atoms with van der Waals surface area (Å²) < 4.78 is 2.19. The number of hydrogen-bond donors (Lipinski definition) is 0. The Morgan fingerprint density at radius 3 is 2.47 bits per heavy atom. The molecule has 1 heterocycles. The van der Waals surface area contributed by atoms with Gasteiger partial charge in [0.2, 0.25) is 0 Å². The van der Waals surface area contributed by atoms with E-state index in [9.17, 15) is 0 Å². The third-order valence-corrected chi connectivity index (χ3v) is 5.42. The van der Waals surface area contributed by atoms with Gasteiger partial charge in [-0.25, -0.2) is 0 Å². The number of halogens is 1. The molecule has 0 bridgehead atoms. The van der Waals surface area contributed by atoms with Crippen LogP contribution in [0, 0.1) is 5.41 Å². The van der Waals surface area contributed by atoms with Crippen LogP contribution in [0.5, 0.6) is 0 Å². The van der Waals surface area contributed by atoms with Crippen molar-refractivity contribution in [1.29, 1.82) is 0 Å². The maximum atomic E-state index is 4.68. The number of aromatic nitrogens is 2. The zero-order valence-electron chi connectivity index (χ0n) is 13.0. The van der Waals surface area contributed by atoms with Gasteiger partial charge in [-0.15, -0.1) is 0 Å². The SMILES string of the molecule is CCCCC(CC)(CBr)Cc1cc(CC)nn1CC. The van der Waals surface area contributed by atoms with Crippen molar-refractivity contribution in [2.24, 2.45) is 5.41 Å². The van der Waals surface area contributed by atoms with E-state index in [1.165, 1.54) is 37.1 Å². The van der Waals surface area contributed by atoms with Crippen LogP contribution in [-0.4, -0.2) is 15.1 Å². The second-order valence-corrected chi connectivity index (χ2v) is 6.12. The van der Waals surface area contributed by atoms with Gasteiger partial charge in [0, 0.05) is 17.6 Å². The number of aryl methyl sites for hydroxylation is 2. The van der Waals surface area contributed by atoms with E-state index in [0.29, 0.717) is 5.41 Å². The van der Waals surface area contributed by atoms with Crippen LogP contribution in [0.15, 0.2) is 6.07 Å². The highest BCUT2D eigenvalue weighted by Gasteiger charge is 2.28. The molecule has 1 aromatic rings. The molecule has 110 valence electrons. The summed E-state index contributed by atoms with van der Waals surface area (Å²) in [7, 11) is 0. The molecule has 0 aliphatic carbocycles. The fourth-order valence-corrected chi connectivity index (χ4v) is 3.51. The lowest BCUT2D eigenvalue weighted by Gasteiger charge is -2.31. The van der Waals surface area contributed by atoms with Crippen molar-refractivity contribution in [3.8, 4) is 0 Å². The number of alkyl halides is 1. The summed E-state index contributed by atoms with van der Waals surface area (Å²) in [5.41, 5.74) is 3.04. The minimum atomic E-state index is 0.397. The van der Waals surface area contributed by atoms with Crippen LogP contribution in [0.25, 0.3) is 0 Å². The van der Waals surface area contributed by atoms with E-state index >= 15 is 0 Å². The van der Waals surface area contributed by atoms with Crippen molar-refractivity contribution in [2.45, 2.75) is 72.8 Å². The molecule has 0 aromatic carbocycles. The Kier molecular flexibility index (Phi) is 7.12. The summed E-state index contributed by atoms with van der Waals surface area (Å²) in [6.45, 7) is 9.94. The van der Waals surface area contributed by atoms with E-state index in [-0.39, 0.29) is 0 Å². The highest BCUT2D eigenvalue weighted by atomic mass is 79.9. The van der Waals surface area contributed by atoms with Crippen LogP contribution >= 0.6 is 15.9 Å². The van der Waals surface area contributed by atoms with Crippen molar-refractivity contribution >= 4 is 15.9 Å². The zero-order chi connectivity index (χ0) is 14.3. The molecule has 0 fully saturated rings. The Labute approximate surface area is 127 Å². The standard InChI is InChI=1S/C16H29BrN2/c1-5-9-10-16(7-3,13-17)12-15-11-14(6-2)18-19(15)8-4/h11H,5-10,12-13H2,1-4H3. The van der Waals surface area contributed by atoms with Crippen LogP contribution < -0.4 is 0 Å². The van der Waals surface area contributed by atoms with Crippen molar-refractivity contribution in [2.75, 3.05) is 5.33 Å². The molecule has 0 radical (unpaired) electrons. The highest BCUT2D eigenvalue weighted by Crippen LogP contribution is 2.35. The lowest BCUT2D eigenvalue weighted by atomic mass is 9.78. The lowest BCUT2D eigenvalue weighted by molar-refractivity contribution is 0.276. The Morgan fingerprint density at radius 2 is 2.00 bits per heavy atom. The van der Waals surface area contributed by atoms with Crippen LogP contribution in [0.2, 0.25) is 0 Å². The molecule has 1 rings (SSSR count). The van der Waals surface area contributed by atoms with Crippen molar-refractivity contribution < 1.29 is 0 Å². The third kappa shape index (κ3) is 4.34. The molecule has 0 saturated carbocycles. The van der Waals surface area contributed by atoms with E-state index in [0.717, 1.165) is 24.7 Å². The quantitative estimate of drug-likeness (QED) is 0.584. The number of rotatable bonds is 9. The second-order valence-electron chi connectivity index (χ2n) is 5.56. The van der Waals surface area contributed by atoms with Crippen LogP contribution in [-0.2, 0) is 19.4 Å². The zero-order valence-corrected chi connectivity index (χ0v) is 14.6. The highest BCUT2D eigenvalue weighted by molar-refractivity contribution is 9.09. The molecule has 2 nitrogen and oxygen atoms in total. The van der Waals surface area contributed by atoms with Gasteiger partial charge in [0.25, 0.3) is 0 Å². The first kappa shape index (κ1) is 16.7. The van der Waals surface area contributed by atoms with E-state index in [1.54, 1.807) is 0 Å². The predicted molar refractivity (Wildman–Crippen MR) is 87.0 cm³/mol. The van der Waals surface area contributed by atoms with Crippen molar-refractivity contribution in [3.05, 3.63) is 17.5 Å². The van der Waals surface area contributed by atoms with Gasteiger partial charge >= 0.3 is 0 Å². The van der Waals surface area contributed by atoms with Gasteiger partial charge in [-0.1, -0.05) is 49.5 Å². The molecule has 0 saturated heterocycles. The van der Waals surface area contributed by atoms with Gasteiger partial charge in [0.15, 0.2) is 0 Å². The summed E-state index contributed by atoms with van der Waals surface area (Å²) in [6.07, 6.45) is 7.32. The minimum absolute atomic E-state index is 0.397. The van der Waals surface area contributed by atoms with Crippen molar-refractivity contribution in [1.82, 2.24) is 9.78 Å². The topological polar surface area (TPSA) is 17.8 Å². The summed E-state index contributed by atoms with van der Waals surface area (Å²) in [4.78, 5) is 0. The largest absolute Gasteiger partial charge is 0.270 e. The fourth-order valence-electron chi connectivity index (χ4n) is 2.64. The average Bonchev–Trinajstić information content (AvgIpc) is 2.85. The lowest BCUT2D eigenvalue weighted by Crippen LogP contribution is -2.26. The number of hydrogen-bond acceptors (Lipinski definition) is 1. The fraction of sp³-hybridized carbons (Fsp3) is 0.812. The number of nitrogens with zero attached hydrogens (tertiary/aromatic N) is 2. The van der Waals surface area contributed by atoms with E-state index < -0.39 is 0 Å². The van der Waals surface area contributed by atoms with E-state index in [2.05, 4.69) is 59.5 Å². The van der Waals surface area contributed by atoms with Gasteiger partial charge in [-0.05, 0) is 44.1 Å². The maximum absolute atomic E-state index is 4.68. The monoisotopic (exact) mass is 328 g/mol. The van der Waals surface area contributed by atoms with E-state index in [1.807, 2.05) is 0 Å². The Hall–Kier alpha value is -0.310. The molecule has 19 heavy (non-hydrogen) atoms. The predicted octanol–water partition coefficient (Wildman–Crippen LogP) is 4.99. The smallest absolute Gasteiger partial charge is 0.0624 e. The first-order chi connectivity index (χ1) is 9.14. The van der Waals surface area contributed by atoms with Gasteiger partial charge in [0.05, 0.1) is 5.69 Å². The Balaban J connectivity index is 2.91. The molecular weight excluding hydrogens is 300 g/mol. The van der Waals surface area contributed by atoms with Crippen LogP contribution in [0.3, 0.4) is 0 Å². The van der Waals surface area contributed by atoms with Gasteiger partial charge in [-0.2, -0.15) is 5.10 Å². The first-order valence-corrected chi connectivity index (χ1v) is 8.88. The normalized spacial score (nSPS) is 14.6. The first-order valence-electron chi connectivity index (χ1n) is 7.76. The van der Waals surface area contributed by atoms with Gasteiger partial charge < -0.3 is 0 Å². The molecule has 1 aromatic heterocycles. The Morgan fingerprint density at radius 1 is 1.26 bits per heavy atom. The molecule has 3 heteroatoms. The summed E-state index contributed by atoms with van der Waals surface area (Å²) in [5, 5.41) is 5.77. The molecule has 0 N–H and O–H groups in total. The van der Waals surface area contributed by atoms with Crippen molar-refractivity contribution in [3.63, 3.8) is 0 Å². The average molecular weight is 329 g/mol. The Bertz CT molecular complexity index is 367. The molecule has 1 unspecified atom stereocenters. The maximum Gasteiger partial charge on any atom is 0.0624 e. The molecular formula is C16H29BrN2. The molecule has 1 atom stereocenters. The minimum Gasteiger partial charge on any atom is -0.270 e.